The molecule has 5 nitrogen and oxygen atoms in total. The van der Waals surface area contributed by atoms with Crippen molar-refractivity contribution in [2.24, 2.45) is 5.73 Å². The van der Waals surface area contributed by atoms with Gasteiger partial charge in [0.2, 0.25) is 5.91 Å². The van der Waals surface area contributed by atoms with Gasteiger partial charge >= 0.3 is 0 Å². The molecule has 90 valence electrons. The first-order chi connectivity index (χ1) is 8.08. The zero-order chi connectivity index (χ0) is 12.4. The van der Waals surface area contributed by atoms with E-state index < -0.39 is 6.04 Å². The van der Waals surface area contributed by atoms with Crippen molar-refractivity contribution in [2.45, 2.75) is 19.5 Å². The number of rotatable bonds is 3. The number of amides is 1. The van der Waals surface area contributed by atoms with E-state index in [0.717, 1.165) is 16.7 Å². The lowest BCUT2D eigenvalue weighted by Gasteiger charge is -2.19. The van der Waals surface area contributed by atoms with Gasteiger partial charge in [0.25, 0.3) is 0 Å². The van der Waals surface area contributed by atoms with Gasteiger partial charge in [0.1, 0.15) is 5.52 Å². The van der Waals surface area contributed by atoms with Crippen LogP contribution >= 0.6 is 0 Å². The van der Waals surface area contributed by atoms with Crippen molar-refractivity contribution in [3.05, 3.63) is 30.2 Å². The quantitative estimate of drug-likeness (QED) is 0.862. The summed E-state index contributed by atoms with van der Waals surface area (Å²) in [5.74, 6) is -0.0809. The maximum absolute atomic E-state index is 11.6. The van der Waals surface area contributed by atoms with E-state index in [1.165, 1.54) is 6.39 Å². The number of carbonyl (C=O) groups is 1. The van der Waals surface area contributed by atoms with Crippen LogP contribution in [0.3, 0.4) is 0 Å². The second kappa shape index (κ2) is 4.55. The Balaban J connectivity index is 2.15. The number of hydrogen-bond donors (Lipinski definition) is 1. The van der Waals surface area contributed by atoms with E-state index >= 15 is 0 Å². The summed E-state index contributed by atoms with van der Waals surface area (Å²) in [6.07, 6.45) is 1.41. The molecule has 0 fully saturated rings. The molecule has 17 heavy (non-hydrogen) atoms. The second-order valence-electron chi connectivity index (χ2n) is 4.14. The number of carbonyl (C=O) groups excluding carboxylic acids is 1. The fourth-order valence-corrected chi connectivity index (χ4v) is 1.70. The summed E-state index contributed by atoms with van der Waals surface area (Å²) >= 11 is 0. The number of fused-ring (bicyclic) bond motifs is 1. The molecule has 1 atom stereocenters. The van der Waals surface area contributed by atoms with Crippen LogP contribution in [-0.2, 0) is 11.3 Å². The predicted molar refractivity (Wildman–Crippen MR) is 64.1 cm³/mol. The number of oxazole rings is 1. The van der Waals surface area contributed by atoms with Gasteiger partial charge in [-0.05, 0) is 24.6 Å². The Labute approximate surface area is 99.2 Å². The molecular weight excluding hydrogens is 218 g/mol. The Morgan fingerprint density at radius 3 is 3.06 bits per heavy atom. The maximum Gasteiger partial charge on any atom is 0.239 e. The van der Waals surface area contributed by atoms with Crippen molar-refractivity contribution in [1.29, 1.82) is 0 Å². The third kappa shape index (κ3) is 2.45. The van der Waals surface area contributed by atoms with Crippen LogP contribution < -0.4 is 5.73 Å². The SMILES string of the molecule is CC(N)C(=O)N(C)Cc1ccc2ncoc2c1. The van der Waals surface area contributed by atoms with Crippen molar-refractivity contribution < 1.29 is 9.21 Å². The van der Waals surface area contributed by atoms with Crippen molar-refractivity contribution in [1.82, 2.24) is 9.88 Å². The van der Waals surface area contributed by atoms with Gasteiger partial charge in [-0.1, -0.05) is 6.07 Å². The molecule has 1 amide bonds. The van der Waals surface area contributed by atoms with Gasteiger partial charge in [0.15, 0.2) is 12.0 Å². The average molecular weight is 233 g/mol. The number of hydrogen-bond acceptors (Lipinski definition) is 4. The molecule has 1 aromatic carbocycles. The lowest BCUT2D eigenvalue weighted by Crippen LogP contribution is -2.39. The molecule has 1 unspecified atom stereocenters. The standard InChI is InChI=1S/C12H15N3O2/c1-8(13)12(16)15(2)6-9-3-4-10-11(5-9)17-7-14-10/h3-5,7-8H,6,13H2,1-2H3. The highest BCUT2D eigenvalue weighted by Gasteiger charge is 2.13. The first-order valence-electron chi connectivity index (χ1n) is 5.40. The van der Waals surface area contributed by atoms with E-state index in [1.807, 2.05) is 18.2 Å². The largest absolute Gasteiger partial charge is 0.443 e. The lowest BCUT2D eigenvalue weighted by atomic mass is 10.2. The summed E-state index contributed by atoms with van der Waals surface area (Å²) in [7, 11) is 1.73. The van der Waals surface area contributed by atoms with Crippen molar-refractivity contribution in [2.75, 3.05) is 7.05 Å². The molecule has 2 N–H and O–H groups in total. The molecule has 0 aliphatic rings. The molecule has 0 spiro atoms. The van der Waals surface area contributed by atoms with Gasteiger partial charge in [-0.3, -0.25) is 4.79 Å². The average Bonchev–Trinajstić information content (AvgIpc) is 2.74. The van der Waals surface area contributed by atoms with Crippen LogP contribution in [0.2, 0.25) is 0 Å². The highest BCUT2D eigenvalue weighted by Crippen LogP contribution is 2.15. The molecule has 0 radical (unpaired) electrons. The normalized spacial score (nSPS) is 12.6. The highest BCUT2D eigenvalue weighted by atomic mass is 16.3. The van der Waals surface area contributed by atoms with E-state index in [4.69, 9.17) is 10.2 Å². The molecule has 0 saturated heterocycles. The van der Waals surface area contributed by atoms with Gasteiger partial charge < -0.3 is 15.1 Å². The van der Waals surface area contributed by atoms with Gasteiger partial charge in [-0.2, -0.15) is 0 Å². The first-order valence-corrected chi connectivity index (χ1v) is 5.40. The number of aromatic nitrogens is 1. The zero-order valence-corrected chi connectivity index (χ0v) is 9.88. The molecule has 0 saturated carbocycles. The molecule has 2 rings (SSSR count). The predicted octanol–water partition coefficient (Wildman–Crippen LogP) is 1.13. The van der Waals surface area contributed by atoms with Crippen LogP contribution in [0, 0.1) is 0 Å². The molecule has 1 heterocycles. The first kappa shape index (κ1) is 11.6. The third-order valence-corrected chi connectivity index (χ3v) is 2.58. The Morgan fingerprint density at radius 2 is 2.35 bits per heavy atom. The summed E-state index contributed by atoms with van der Waals surface area (Å²) in [4.78, 5) is 17.3. The van der Waals surface area contributed by atoms with E-state index in [0.29, 0.717) is 6.54 Å². The minimum Gasteiger partial charge on any atom is -0.443 e. The molecule has 2 aromatic rings. The monoisotopic (exact) mass is 233 g/mol. The number of nitrogens with two attached hydrogens (primary N) is 1. The Bertz CT molecular complexity index is 533. The fourth-order valence-electron chi connectivity index (χ4n) is 1.70. The zero-order valence-electron chi connectivity index (χ0n) is 9.88. The van der Waals surface area contributed by atoms with Gasteiger partial charge in [-0.25, -0.2) is 4.98 Å². The minimum atomic E-state index is -0.478. The number of nitrogens with zero attached hydrogens (tertiary/aromatic N) is 2. The summed E-state index contributed by atoms with van der Waals surface area (Å²) < 4.78 is 5.21. The van der Waals surface area contributed by atoms with Crippen LogP contribution in [0.4, 0.5) is 0 Å². The van der Waals surface area contributed by atoms with Crippen LogP contribution in [0.1, 0.15) is 12.5 Å². The summed E-state index contributed by atoms with van der Waals surface area (Å²) in [5.41, 5.74) is 8.08. The van der Waals surface area contributed by atoms with E-state index in [2.05, 4.69) is 4.98 Å². The van der Waals surface area contributed by atoms with E-state index in [-0.39, 0.29) is 5.91 Å². The Kier molecular flexibility index (Phi) is 3.10. The van der Waals surface area contributed by atoms with E-state index in [9.17, 15) is 4.79 Å². The second-order valence-corrected chi connectivity index (χ2v) is 4.14. The van der Waals surface area contributed by atoms with E-state index in [1.54, 1.807) is 18.9 Å². The summed E-state index contributed by atoms with van der Waals surface area (Å²) in [5, 5.41) is 0. The molecule has 5 heteroatoms. The Hall–Kier alpha value is -1.88. The summed E-state index contributed by atoms with van der Waals surface area (Å²) in [6.45, 7) is 2.19. The smallest absolute Gasteiger partial charge is 0.239 e. The minimum absolute atomic E-state index is 0.0809. The topological polar surface area (TPSA) is 72.4 Å². The lowest BCUT2D eigenvalue weighted by molar-refractivity contribution is -0.131. The van der Waals surface area contributed by atoms with Gasteiger partial charge in [0, 0.05) is 13.6 Å². The fraction of sp³-hybridized carbons (Fsp3) is 0.333. The van der Waals surface area contributed by atoms with Gasteiger partial charge in [-0.15, -0.1) is 0 Å². The van der Waals surface area contributed by atoms with Crippen LogP contribution in [0.15, 0.2) is 29.0 Å². The van der Waals surface area contributed by atoms with Crippen molar-refractivity contribution in [3.63, 3.8) is 0 Å². The van der Waals surface area contributed by atoms with Crippen LogP contribution in [-0.4, -0.2) is 28.9 Å². The van der Waals surface area contributed by atoms with Gasteiger partial charge in [0.05, 0.1) is 6.04 Å². The molecule has 0 aliphatic heterocycles. The highest BCUT2D eigenvalue weighted by molar-refractivity contribution is 5.81. The van der Waals surface area contributed by atoms with Crippen molar-refractivity contribution >= 4 is 17.0 Å². The third-order valence-electron chi connectivity index (χ3n) is 2.58. The summed E-state index contributed by atoms with van der Waals surface area (Å²) in [6, 6.07) is 5.20. The molecule has 0 bridgehead atoms. The molecule has 1 aromatic heterocycles. The maximum atomic E-state index is 11.6. The van der Waals surface area contributed by atoms with Crippen molar-refractivity contribution in [3.8, 4) is 0 Å². The van der Waals surface area contributed by atoms with Crippen LogP contribution in [0.5, 0.6) is 0 Å². The molecule has 0 aliphatic carbocycles. The number of benzene rings is 1. The Morgan fingerprint density at radius 1 is 1.59 bits per heavy atom. The van der Waals surface area contributed by atoms with Crippen LogP contribution in [0.25, 0.3) is 11.1 Å². The number of likely N-dealkylation sites (N-methyl/N-ethyl adjacent to an activating group) is 1. The molecular formula is C12H15N3O2.